The van der Waals surface area contributed by atoms with Gasteiger partial charge >= 0.3 is 0 Å². The lowest BCUT2D eigenvalue weighted by atomic mass is 10.2. The topological polar surface area (TPSA) is 65.9 Å². The lowest BCUT2D eigenvalue weighted by Crippen LogP contribution is -2.39. The van der Waals surface area contributed by atoms with E-state index in [1.165, 1.54) is 0 Å². The van der Waals surface area contributed by atoms with Crippen LogP contribution in [0.5, 0.6) is 5.75 Å². The van der Waals surface area contributed by atoms with Crippen molar-refractivity contribution in [3.05, 3.63) is 18.3 Å². The highest BCUT2D eigenvalue weighted by Gasteiger charge is 2.31. The average Bonchev–Trinajstić information content (AvgIpc) is 3.00. The monoisotopic (exact) mass is 339 g/mol. The molecular formula is C16H25N3O3S. The number of nitrogens with zero attached hydrogens (tertiary/aromatic N) is 3. The van der Waals surface area contributed by atoms with Crippen LogP contribution < -0.4 is 9.64 Å². The summed E-state index contributed by atoms with van der Waals surface area (Å²) in [7, 11) is 3.84. The molecule has 0 aromatic carbocycles. The van der Waals surface area contributed by atoms with Gasteiger partial charge in [0.15, 0.2) is 11.6 Å². The SMILES string of the molecule is CSCC[C@H](O)C(=O)N1CC[C@@H](Oc2cccnc2N(C)C)C1. The molecule has 2 atom stereocenters. The number of carbonyl (C=O) groups excluding carboxylic acids is 1. The number of amides is 1. The van der Waals surface area contributed by atoms with Gasteiger partial charge in [0.1, 0.15) is 12.2 Å². The predicted octanol–water partition coefficient (Wildman–Crippen LogP) is 1.24. The van der Waals surface area contributed by atoms with Crippen molar-refractivity contribution in [2.45, 2.75) is 25.0 Å². The van der Waals surface area contributed by atoms with Gasteiger partial charge in [-0.05, 0) is 30.6 Å². The van der Waals surface area contributed by atoms with Gasteiger partial charge in [-0.3, -0.25) is 4.79 Å². The number of thioether (sulfide) groups is 1. The van der Waals surface area contributed by atoms with Crippen molar-refractivity contribution in [1.82, 2.24) is 9.88 Å². The molecule has 1 aliphatic heterocycles. The number of likely N-dealkylation sites (tertiary alicyclic amines) is 1. The van der Waals surface area contributed by atoms with Crippen LogP contribution >= 0.6 is 11.8 Å². The average molecular weight is 339 g/mol. The number of aromatic nitrogens is 1. The molecule has 0 radical (unpaired) electrons. The Hall–Kier alpha value is -1.47. The van der Waals surface area contributed by atoms with Gasteiger partial charge in [-0.1, -0.05) is 0 Å². The van der Waals surface area contributed by atoms with Gasteiger partial charge in [0.05, 0.1) is 6.54 Å². The molecule has 0 aliphatic carbocycles. The molecule has 1 N–H and O–H groups in total. The highest BCUT2D eigenvalue weighted by atomic mass is 32.2. The minimum absolute atomic E-state index is 0.0606. The van der Waals surface area contributed by atoms with Crippen LogP contribution in [0.1, 0.15) is 12.8 Å². The second-order valence-electron chi connectivity index (χ2n) is 5.83. The normalized spacial score (nSPS) is 18.8. The lowest BCUT2D eigenvalue weighted by Gasteiger charge is -2.21. The molecule has 23 heavy (non-hydrogen) atoms. The maximum atomic E-state index is 12.2. The van der Waals surface area contributed by atoms with Gasteiger partial charge in [-0.2, -0.15) is 11.8 Å². The number of pyridine rings is 1. The van der Waals surface area contributed by atoms with E-state index in [-0.39, 0.29) is 12.0 Å². The number of ether oxygens (including phenoxy) is 1. The van der Waals surface area contributed by atoms with E-state index in [1.807, 2.05) is 37.4 Å². The molecule has 6 nitrogen and oxygen atoms in total. The van der Waals surface area contributed by atoms with Gasteiger partial charge in [0.25, 0.3) is 5.91 Å². The summed E-state index contributed by atoms with van der Waals surface area (Å²) in [6.07, 6.45) is 3.99. The Morgan fingerprint density at radius 1 is 1.61 bits per heavy atom. The van der Waals surface area contributed by atoms with Crippen molar-refractivity contribution >= 4 is 23.5 Å². The van der Waals surface area contributed by atoms with E-state index in [4.69, 9.17) is 4.74 Å². The maximum Gasteiger partial charge on any atom is 0.251 e. The van der Waals surface area contributed by atoms with Crippen LogP contribution in [0, 0.1) is 0 Å². The Morgan fingerprint density at radius 2 is 2.39 bits per heavy atom. The first kappa shape index (κ1) is 17.9. The van der Waals surface area contributed by atoms with E-state index in [0.717, 1.165) is 23.7 Å². The quantitative estimate of drug-likeness (QED) is 0.806. The maximum absolute atomic E-state index is 12.2. The minimum Gasteiger partial charge on any atom is -0.485 e. The van der Waals surface area contributed by atoms with Crippen LogP contribution in [-0.4, -0.2) is 72.3 Å². The van der Waals surface area contributed by atoms with Crippen molar-refractivity contribution in [3.8, 4) is 5.75 Å². The number of aliphatic hydroxyl groups is 1. The molecule has 0 unspecified atom stereocenters. The summed E-state index contributed by atoms with van der Waals surface area (Å²) >= 11 is 1.63. The van der Waals surface area contributed by atoms with E-state index in [2.05, 4.69) is 4.98 Å². The number of anilines is 1. The number of rotatable bonds is 7. The number of carbonyl (C=O) groups is 1. The molecule has 2 rings (SSSR count). The fourth-order valence-corrected chi connectivity index (χ4v) is 3.04. The first-order valence-electron chi connectivity index (χ1n) is 7.77. The number of aliphatic hydroxyl groups excluding tert-OH is 1. The van der Waals surface area contributed by atoms with E-state index < -0.39 is 6.10 Å². The third kappa shape index (κ3) is 4.75. The summed E-state index contributed by atoms with van der Waals surface area (Å²) in [5, 5.41) is 9.94. The molecule has 0 bridgehead atoms. The molecule has 1 amide bonds. The second kappa shape index (κ2) is 8.40. The van der Waals surface area contributed by atoms with Gasteiger partial charge in [0.2, 0.25) is 0 Å². The molecule has 1 fully saturated rings. The first-order chi connectivity index (χ1) is 11.0. The van der Waals surface area contributed by atoms with Crippen molar-refractivity contribution in [3.63, 3.8) is 0 Å². The smallest absolute Gasteiger partial charge is 0.251 e. The number of hydrogen-bond acceptors (Lipinski definition) is 6. The fraction of sp³-hybridized carbons (Fsp3) is 0.625. The number of hydrogen-bond donors (Lipinski definition) is 1. The van der Waals surface area contributed by atoms with Crippen molar-refractivity contribution < 1.29 is 14.6 Å². The summed E-state index contributed by atoms with van der Waals surface area (Å²) in [6, 6.07) is 3.73. The predicted molar refractivity (Wildman–Crippen MR) is 93.2 cm³/mol. The fourth-order valence-electron chi connectivity index (χ4n) is 2.58. The molecule has 1 aliphatic rings. The zero-order valence-electron chi connectivity index (χ0n) is 13.9. The standard InChI is InChI=1S/C16H25N3O3S/c1-18(2)15-14(5-4-8-17-15)22-12-6-9-19(11-12)16(21)13(20)7-10-23-3/h4-5,8,12-13,20H,6-7,9-11H2,1-3H3/t12-,13+/m1/s1. The summed E-state index contributed by atoms with van der Waals surface area (Å²) in [5.74, 6) is 2.09. The molecule has 0 saturated carbocycles. The second-order valence-corrected chi connectivity index (χ2v) is 6.82. The molecule has 1 aromatic rings. The van der Waals surface area contributed by atoms with Crippen molar-refractivity contribution in [2.75, 3.05) is 44.1 Å². The van der Waals surface area contributed by atoms with Crippen LogP contribution in [0.25, 0.3) is 0 Å². The Balaban J connectivity index is 1.92. The van der Waals surface area contributed by atoms with Crippen LogP contribution in [0.4, 0.5) is 5.82 Å². The zero-order valence-corrected chi connectivity index (χ0v) is 14.8. The summed E-state index contributed by atoms with van der Waals surface area (Å²) in [6.45, 7) is 1.13. The third-order valence-electron chi connectivity index (χ3n) is 3.81. The van der Waals surface area contributed by atoms with Crippen molar-refractivity contribution in [1.29, 1.82) is 0 Å². The van der Waals surface area contributed by atoms with E-state index in [0.29, 0.717) is 19.5 Å². The van der Waals surface area contributed by atoms with Crippen molar-refractivity contribution in [2.24, 2.45) is 0 Å². The highest BCUT2D eigenvalue weighted by Crippen LogP contribution is 2.26. The Kier molecular flexibility index (Phi) is 6.53. The van der Waals surface area contributed by atoms with E-state index >= 15 is 0 Å². The summed E-state index contributed by atoms with van der Waals surface area (Å²) in [4.78, 5) is 20.1. The summed E-state index contributed by atoms with van der Waals surface area (Å²) < 4.78 is 6.03. The van der Waals surface area contributed by atoms with Gasteiger partial charge in [-0.15, -0.1) is 0 Å². The Bertz CT molecular complexity index is 527. The first-order valence-corrected chi connectivity index (χ1v) is 9.17. The van der Waals surface area contributed by atoms with Crippen LogP contribution in [0.2, 0.25) is 0 Å². The Morgan fingerprint density at radius 3 is 3.09 bits per heavy atom. The van der Waals surface area contributed by atoms with Crippen LogP contribution in [0.3, 0.4) is 0 Å². The molecule has 1 aromatic heterocycles. The summed E-state index contributed by atoms with van der Waals surface area (Å²) in [5.41, 5.74) is 0. The van der Waals surface area contributed by atoms with E-state index in [9.17, 15) is 9.90 Å². The van der Waals surface area contributed by atoms with Crippen LogP contribution in [0.15, 0.2) is 18.3 Å². The molecule has 7 heteroatoms. The largest absolute Gasteiger partial charge is 0.485 e. The molecule has 0 spiro atoms. The van der Waals surface area contributed by atoms with Gasteiger partial charge in [-0.25, -0.2) is 4.98 Å². The van der Waals surface area contributed by atoms with E-state index in [1.54, 1.807) is 22.9 Å². The highest BCUT2D eigenvalue weighted by molar-refractivity contribution is 7.98. The molecule has 1 saturated heterocycles. The molecular weight excluding hydrogens is 314 g/mol. The van der Waals surface area contributed by atoms with Gasteiger partial charge < -0.3 is 19.6 Å². The molecule has 128 valence electrons. The molecule has 2 heterocycles. The zero-order chi connectivity index (χ0) is 16.8. The minimum atomic E-state index is -0.906. The van der Waals surface area contributed by atoms with Gasteiger partial charge in [0, 0.05) is 33.3 Å². The Labute approximate surface area is 141 Å². The third-order valence-corrected chi connectivity index (χ3v) is 4.45. The lowest BCUT2D eigenvalue weighted by molar-refractivity contribution is -0.139. The van der Waals surface area contributed by atoms with Crippen LogP contribution in [-0.2, 0) is 4.79 Å².